The number of anilines is 1. The Bertz CT molecular complexity index is 626. The van der Waals surface area contributed by atoms with Gasteiger partial charge < -0.3 is 15.6 Å². The first-order valence-electron chi connectivity index (χ1n) is 5.76. The predicted octanol–water partition coefficient (Wildman–Crippen LogP) is -2.20. The molecule has 96 valence electrons. The molecule has 0 spiro atoms. The number of ketones is 1. The summed E-state index contributed by atoms with van der Waals surface area (Å²) < 4.78 is 0. The van der Waals surface area contributed by atoms with Gasteiger partial charge in [0.1, 0.15) is 0 Å². The van der Waals surface area contributed by atoms with Gasteiger partial charge in [-0.1, -0.05) is 42.5 Å². The minimum Gasteiger partial charge on any atom is -0.550 e. The van der Waals surface area contributed by atoms with Gasteiger partial charge in [0.25, 0.3) is 0 Å². The number of hydrogen-bond acceptors (Lipinski definition) is 4. The van der Waals surface area contributed by atoms with Gasteiger partial charge in [-0.25, -0.2) is 0 Å². The molecular weight excluding hydrogens is 281 g/mol. The van der Waals surface area contributed by atoms with Crippen molar-refractivity contribution in [3.05, 3.63) is 65.2 Å². The number of aliphatic carboxylic acids is 1. The summed E-state index contributed by atoms with van der Waals surface area (Å²) >= 11 is 0. The zero-order valence-electron chi connectivity index (χ0n) is 11.1. The predicted molar refractivity (Wildman–Crippen MR) is 69.4 cm³/mol. The minimum atomic E-state index is -1.23. The maximum Gasteiger partial charge on any atom is 1.00 e. The number of carbonyl (C=O) groups is 2. The van der Waals surface area contributed by atoms with Gasteiger partial charge in [-0.15, -0.1) is 0 Å². The number of rotatable bonds is 4. The molecule has 0 amide bonds. The van der Waals surface area contributed by atoms with Crippen LogP contribution in [0.15, 0.2) is 48.5 Å². The van der Waals surface area contributed by atoms with Crippen molar-refractivity contribution in [2.75, 3.05) is 5.73 Å². The molecule has 5 heteroatoms. The number of carboxylic acid groups (broad SMARTS) is 1. The SMILES string of the molecule is Nc1c(CC(=O)[O-])cccc1C(=O)c1ccccc1.[K+]. The van der Waals surface area contributed by atoms with Crippen LogP contribution in [0.2, 0.25) is 0 Å². The normalized spacial score (nSPS) is 9.60. The Morgan fingerprint density at radius 1 is 1.00 bits per heavy atom. The third-order valence-electron chi connectivity index (χ3n) is 2.81. The average molecular weight is 293 g/mol. The fraction of sp³-hybridized carbons (Fsp3) is 0.0667. The zero-order valence-corrected chi connectivity index (χ0v) is 14.3. The number of carbonyl (C=O) groups excluding carboxylic acids is 2. The Morgan fingerprint density at radius 2 is 1.65 bits per heavy atom. The van der Waals surface area contributed by atoms with Crippen LogP contribution in [0.1, 0.15) is 21.5 Å². The van der Waals surface area contributed by atoms with Gasteiger partial charge in [0.15, 0.2) is 5.78 Å². The Labute approximate surface area is 159 Å². The number of benzene rings is 2. The fourth-order valence-electron chi connectivity index (χ4n) is 1.87. The van der Waals surface area contributed by atoms with Crippen LogP contribution >= 0.6 is 0 Å². The van der Waals surface area contributed by atoms with Crippen LogP contribution < -0.4 is 62.2 Å². The largest absolute Gasteiger partial charge is 1.00 e. The van der Waals surface area contributed by atoms with Crippen LogP contribution in [0.5, 0.6) is 0 Å². The molecule has 0 radical (unpaired) electrons. The fourth-order valence-corrected chi connectivity index (χ4v) is 1.87. The Kier molecular flexibility index (Phi) is 6.58. The number of nitrogen functional groups attached to an aromatic ring is 1. The van der Waals surface area contributed by atoms with Gasteiger partial charge in [-0.2, -0.15) is 0 Å². The Hall–Kier alpha value is -0.984. The number of hydrogen-bond donors (Lipinski definition) is 1. The molecule has 2 N–H and O–H groups in total. The van der Waals surface area contributed by atoms with Crippen LogP contribution in [0.25, 0.3) is 0 Å². The average Bonchev–Trinajstić information content (AvgIpc) is 2.41. The zero-order chi connectivity index (χ0) is 13.8. The van der Waals surface area contributed by atoms with E-state index < -0.39 is 5.97 Å². The minimum absolute atomic E-state index is 0. The first-order valence-corrected chi connectivity index (χ1v) is 5.76. The number of para-hydroxylation sites is 1. The third-order valence-corrected chi connectivity index (χ3v) is 2.81. The summed E-state index contributed by atoms with van der Waals surface area (Å²) in [6.45, 7) is 0. The van der Waals surface area contributed by atoms with Crippen molar-refractivity contribution in [2.24, 2.45) is 0 Å². The van der Waals surface area contributed by atoms with Gasteiger partial charge in [-0.05, 0) is 11.6 Å². The molecule has 0 bridgehead atoms. The van der Waals surface area contributed by atoms with E-state index in [0.29, 0.717) is 16.7 Å². The van der Waals surface area contributed by atoms with Crippen LogP contribution in [0, 0.1) is 0 Å². The molecule has 0 saturated heterocycles. The van der Waals surface area contributed by atoms with Crippen molar-refractivity contribution in [3.63, 3.8) is 0 Å². The Morgan fingerprint density at radius 3 is 2.25 bits per heavy atom. The van der Waals surface area contributed by atoms with Crippen molar-refractivity contribution in [3.8, 4) is 0 Å². The topological polar surface area (TPSA) is 83.2 Å². The summed E-state index contributed by atoms with van der Waals surface area (Å²) in [5.41, 5.74) is 7.27. The molecular formula is C15H12KNO3. The maximum atomic E-state index is 12.3. The van der Waals surface area contributed by atoms with Gasteiger partial charge in [-0.3, -0.25) is 4.79 Å². The molecule has 0 aliphatic carbocycles. The molecule has 0 aromatic heterocycles. The summed E-state index contributed by atoms with van der Waals surface area (Å²) in [6.07, 6.45) is -0.304. The van der Waals surface area contributed by atoms with E-state index in [1.807, 2.05) is 6.07 Å². The van der Waals surface area contributed by atoms with Crippen molar-refractivity contribution in [1.82, 2.24) is 0 Å². The second kappa shape index (κ2) is 7.71. The van der Waals surface area contributed by atoms with Crippen molar-refractivity contribution in [2.45, 2.75) is 6.42 Å². The molecule has 0 unspecified atom stereocenters. The molecule has 20 heavy (non-hydrogen) atoms. The van der Waals surface area contributed by atoms with Gasteiger partial charge in [0.2, 0.25) is 0 Å². The van der Waals surface area contributed by atoms with Crippen LogP contribution in [0.4, 0.5) is 5.69 Å². The van der Waals surface area contributed by atoms with Crippen molar-refractivity contribution < 1.29 is 66.1 Å². The van der Waals surface area contributed by atoms with E-state index in [4.69, 9.17) is 5.73 Å². The smallest absolute Gasteiger partial charge is 0.550 e. The molecule has 0 heterocycles. The monoisotopic (exact) mass is 293 g/mol. The van der Waals surface area contributed by atoms with Gasteiger partial charge >= 0.3 is 51.4 Å². The molecule has 2 aromatic carbocycles. The maximum absolute atomic E-state index is 12.3. The summed E-state index contributed by atoms with van der Waals surface area (Å²) in [5, 5.41) is 10.6. The van der Waals surface area contributed by atoms with Crippen LogP contribution in [0.3, 0.4) is 0 Å². The molecule has 2 rings (SSSR count). The van der Waals surface area contributed by atoms with Crippen LogP contribution in [-0.4, -0.2) is 11.8 Å². The molecule has 0 fully saturated rings. The van der Waals surface area contributed by atoms with E-state index in [-0.39, 0.29) is 69.3 Å². The molecule has 0 aliphatic rings. The summed E-state index contributed by atoms with van der Waals surface area (Å²) in [7, 11) is 0. The molecule has 2 aromatic rings. The van der Waals surface area contributed by atoms with Gasteiger partial charge in [0, 0.05) is 29.2 Å². The first kappa shape index (κ1) is 17.1. The van der Waals surface area contributed by atoms with E-state index in [1.165, 1.54) is 0 Å². The summed E-state index contributed by atoms with van der Waals surface area (Å²) in [4.78, 5) is 22.9. The third kappa shape index (κ3) is 4.00. The summed E-state index contributed by atoms with van der Waals surface area (Å²) in [5.74, 6) is -1.45. The van der Waals surface area contributed by atoms with Crippen molar-refractivity contribution in [1.29, 1.82) is 0 Å². The van der Waals surface area contributed by atoms with Crippen LogP contribution in [-0.2, 0) is 11.2 Å². The molecule has 0 atom stereocenters. The molecule has 0 saturated carbocycles. The van der Waals surface area contributed by atoms with E-state index >= 15 is 0 Å². The summed E-state index contributed by atoms with van der Waals surface area (Å²) in [6, 6.07) is 13.5. The van der Waals surface area contributed by atoms with E-state index in [9.17, 15) is 14.7 Å². The van der Waals surface area contributed by atoms with E-state index in [2.05, 4.69) is 0 Å². The number of nitrogens with two attached hydrogens (primary N) is 1. The number of carboxylic acids is 1. The van der Waals surface area contributed by atoms with Crippen molar-refractivity contribution >= 4 is 17.4 Å². The molecule has 0 aliphatic heterocycles. The van der Waals surface area contributed by atoms with E-state index in [1.54, 1.807) is 42.5 Å². The second-order valence-corrected chi connectivity index (χ2v) is 4.12. The first-order chi connectivity index (χ1) is 9.09. The standard InChI is InChI=1S/C15H13NO3.K/c16-14-11(9-13(17)18)7-4-8-12(14)15(19)10-5-2-1-3-6-10;/h1-8H,9,16H2,(H,17,18);/q;+1/p-1. The molecule has 4 nitrogen and oxygen atoms in total. The van der Waals surface area contributed by atoms with Gasteiger partial charge in [0.05, 0.1) is 0 Å². The second-order valence-electron chi connectivity index (χ2n) is 4.12. The quantitative estimate of drug-likeness (QED) is 0.394. The van der Waals surface area contributed by atoms with E-state index in [0.717, 1.165) is 0 Å². The Balaban J connectivity index is 0.00000200.